The first-order chi connectivity index (χ1) is 9.95. The van der Waals surface area contributed by atoms with Crippen molar-refractivity contribution in [1.82, 2.24) is 4.98 Å². The number of nitro groups is 1. The highest BCUT2D eigenvalue weighted by molar-refractivity contribution is 9.10. The highest BCUT2D eigenvalue weighted by Gasteiger charge is 2.10. The van der Waals surface area contributed by atoms with Crippen molar-refractivity contribution < 1.29 is 9.72 Å². The van der Waals surface area contributed by atoms with Crippen molar-refractivity contribution >= 4 is 33.2 Å². The van der Waals surface area contributed by atoms with E-state index < -0.39 is 4.92 Å². The van der Waals surface area contributed by atoms with Crippen LogP contribution < -0.4 is 5.32 Å². The SMILES string of the molecule is Cc1nc(Br)ccc1NC(=O)Cc1cccc([N+](=O)[O-])c1. The Labute approximate surface area is 129 Å². The Kier molecular flexibility index (Phi) is 4.64. The minimum atomic E-state index is -0.482. The lowest BCUT2D eigenvalue weighted by molar-refractivity contribution is -0.384. The van der Waals surface area contributed by atoms with Crippen LogP contribution in [0.15, 0.2) is 41.0 Å². The normalized spacial score (nSPS) is 10.2. The summed E-state index contributed by atoms with van der Waals surface area (Å²) in [4.78, 5) is 26.4. The van der Waals surface area contributed by atoms with Gasteiger partial charge in [-0.15, -0.1) is 0 Å². The molecule has 0 bridgehead atoms. The number of rotatable bonds is 4. The number of aromatic nitrogens is 1. The average molecular weight is 350 g/mol. The lowest BCUT2D eigenvalue weighted by atomic mass is 10.1. The summed E-state index contributed by atoms with van der Waals surface area (Å²) in [6.07, 6.45) is 0.0667. The fourth-order valence-electron chi connectivity index (χ4n) is 1.82. The van der Waals surface area contributed by atoms with Crippen LogP contribution >= 0.6 is 15.9 Å². The molecule has 0 aliphatic rings. The fraction of sp³-hybridized carbons (Fsp3) is 0.143. The van der Waals surface area contributed by atoms with Gasteiger partial charge in [0.15, 0.2) is 0 Å². The van der Waals surface area contributed by atoms with Gasteiger partial charge in [-0.1, -0.05) is 12.1 Å². The number of nitro benzene ring substituents is 1. The van der Waals surface area contributed by atoms with Gasteiger partial charge in [-0.05, 0) is 40.5 Å². The maximum atomic E-state index is 12.0. The van der Waals surface area contributed by atoms with Crippen LogP contribution in [0.25, 0.3) is 0 Å². The molecule has 2 aromatic rings. The van der Waals surface area contributed by atoms with Crippen LogP contribution in [0.2, 0.25) is 0 Å². The zero-order chi connectivity index (χ0) is 15.4. The topological polar surface area (TPSA) is 85.1 Å². The number of nitrogens with one attached hydrogen (secondary N) is 1. The molecule has 0 saturated heterocycles. The van der Waals surface area contributed by atoms with Crippen LogP contribution in [0, 0.1) is 17.0 Å². The molecular weight excluding hydrogens is 338 g/mol. The highest BCUT2D eigenvalue weighted by atomic mass is 79.9. The summed E-state index contributed by atoms with van der Waals surface area (Å²) >= 11 is 3.25. The van der Waals surface area contributed by atoms with Gasteiger partial charge in [0.05, 0.1) is 22.7 Å². The number of pyridine rings is 1. The summed E-state index contributed by atoms with van der Waals surface area (Å²) in [5.74, 6) is -0.247. The molecule has 0 radical (unpaired) electrons. The van der Waals surface area contributed by atoms with E-state index in [4.69, 9.17) is 0 Å². The Morgan fingerprint density at radius 2 is 2.14 bits per heavy atom. The number of carbonyl (C=O) groups excluding carboxylic acids is 1. The van der Waals surface area contributed by atoms with Crippen molar-refractivity contribution in [3.63, 3.8) is 0 Å². The van der Waals surface area contributed by atoms with Crippen molar-refractivity contribution in [3.8, 4) is 0 Å². The van der Waals surface area contributed by atoms with Gasteiger partial charge in [0.2, 0.25) is 5.91 Å². The van der Waals surface area contributed by atoms with Crippen molar-refractivity contribution in [2.24, 2.45) is 0 Å². The van der Waals surface area contributed by atoms with Crippen molar-refractivity contribution in [3.05, 3.63) is 62.4 Å². The number of non-ortho nitro benzene ring substituents is 1. The smallest absolute Gasteiger partial charge is 0.269 e. The molecule has 21 heavy (non-hydrogen) atoms. The van der Waals surface area contributed by atoms with E-state index >= 15 is 0 Å². The molecule has 2 rings (SSSR count). The van der Waals surface area contributed by atoms with Crippen molar-refractivity contribution in [2.75, 3.05) is 5.32 Å². The number of benzene rings is 1. The number of hydrogen-bond acceptors (Lipinski definition) is 4. The minimum Gasteiger partial charge on any atom is -0.324 e. The van der Waals surface area contributed by atoms with E-state index in [9.17, 15) is 14.9 Å². The van der Waals surface area contributed by atoms with Crippen LogP contribution in [0.3, 0.4) is 0 Å². The Bertz CT molecular complexity index is 704. The first kappa shape index (κ1) is 15.1. The second-order valence-electron chi connectivity index (χ2n) is 4.42. The first-order valence-electron chi connectivity index (χ1n) is 6.12. The Morgan fingerprint density at radius 1 is 1.38 bits per heavy atom. The van der Waals surface area contributed by atoms with Gasteiger partial charge >= 0.3 is 0 Å². The predicted molar refractivity (Wildman–Crippen MR) is 82.1 cm³/mol. The lowest BCUT2D eigenvalue weighted by Gasteiger charge is -2.08. The summed E-state index contributed by atoms with van der Waals surface area (Å²) in [7, 11) is 0. The minimum absolute atomic E-state index is 0.0261. The van der Waals surface area contributed by atoms with E-state index in [1.165, 1.54) is 12.1 Å². The molecule has 0 aliphatic carbocycles. The third-order valence-electron chi connectivity index (χ3n) is 2.81. The van der Waals surface area contributed by atoms with E-state index in [-0.39, 0.29) is 18.0 Å². The van der Waals surface area contributed by atoms with E-state index in [0.29, 0.717) is 21.5 Å². The van der Waals surface area contributed by atoms with Gasteiger partial charge in [-0.25, -0.2) is 4.98 Å². The standard InChI is InChI=1S/C14H12BrN3O3/c1-9-12(5-6-13(15)16-9)17-14(19)8-10-3-2-4-11(7-10)18(20)21/h2-7H,8H2,1H3,(H,17,19). The molecule has 0 atom stereocenters. The quantitative estimate of drug-likeness (QED) is 0.521. The number of amides is 1. The first-order valence-corrected chi connectivity index (χ1v) is 6.91. The van der Waals surface area contributed by atoms with Gasteiger partial charge in [-0.2, -0.15) is 0 Å². The molecular formula is C14H12BrN3O3. The molecule has 7 heteroatoms. The molecule has 108 valence electrons. The maximum absolute atomic E-state index is 12.0. The van der Waals surface area contributed by atoms with Gasteiger partial charge in [0, 0.05) is 12.1 Å². The highest BCUT2D eigenvalue weighted by Crippen LogP contribution is 2.17. The molecule has 0 fully saturated rings. The van der Waals surface area contributed by atoms with Crippen LogP contribution in [-0.2, 0) is 11.2 Å². The second kappa shape index (κ2) is 6.45. The number of halogens is 1. The van der Waals surface area contributed by atoms with Crippen molar-refractivity contribution in [1.29, 1.82) is 0 Å². The number of aryl methyl sites for hydroxylation is 1. The lowest BCUT2D eigenvalue weighted by Crippen LogP contribution is -2.15. The maximum Gasteiger partial charge on any atom is 0.269 e. The molecule has 1 aromatic carbocycles. The molecule has 1 aromatic heterocycles. The molecule has 6 nitrogen and oxygen atoms in total. The van der Waals surface area contributed by atoms with Gasteiger partial charge in [0.25, 0.3) is 5.69 Å². The Balaban J connectivity index is 2.08. The number of hydrogen-bond donors (Lipinski definition) is 1. The zero-order valence-corrected chi connectivity index (χ0v) is 12.8. The summed E-state index contributed by atoms with van der Waals surface area (Å²) in [5, 5.41) is 13.4. The van der Waals surface area contributed by atoms with Crippen LogP contribution in [0.5, 0.6) is 0 Å². The van der Waals surface area contributed by atoms with Crippen LogP contribution in [0.1, 0.15) is 11.3 Å². The molecule has 0 unspecified atom stereocenters. The number of carbonyl (C=O) groups is 1. The third-order valence-corrected chi connectivity index (χ3v) is 3.25. The molecule has 0 aliphatic heterocycles. The van der Waals surface area contributed by atoms with Crippen molar-refractivity contribution in [2.45, 2.75) is 13.3 Å². The summed E-state index contributed by atoms with van der Waals surface area (Å²) < 4.78 is 0.691. The number of anilines is 1. The largest absolute Gasteiger partial charge is 0.324 e. The van der Waals surface area contributed by atoms with E-state index in [0.717, 1.165) is 0 Å². The van der Waals surface area contributed by atoms with E-state index in [2.05, 4.69) is 26.2 Å². The average Bonchev–Trinajstić information content (AvgIpc) is 2.42. The summed E-state index contributed by atoms with van der Waals surface area (Å²) in [5.41, 5.74) is 1.87. The Morgan fingerprint density at radius 3 is 2.81 bits per heavy atom. The van der Waals surface area contributed by atoms with E-state index in [1.807, 2.05) is 0 Å². The van der Waals surface area contributed by atoms with Gasteiger partial charge < -0.3 is 5.32 Å². The fourth-order valence-corrected chi connectivity index (χ4v) is 2.22. The van der Waals surface area contributed by atoms with Crippen LogP contribution in [0.4, 0.5) is 11.4 Å². The van der Waals surface area contributed by atoms with E-state index in [1.54, 1.807) is 31.2 Å². The molecule has 1 amide bonds. The van der Waals surface area contributed by atoms with Crippen LogP contribution in [-0.4, -0.2) is 15.8 Å². The Hall–Kier alpha value is -2.28. The van der Waals surface area contributed by atoms with Gasteiger partial charge in [-0.3, -0.25) is 14.9 Å². The summed E-state index contributed by atoms with van der Waals surface area (Å²) in [6.45, 7) is 1.79. The molecule has 1 heterocycles. The predicted octanol–water partition coefficient (Wildman–Crippen LogP) is 3.24. The molecule has 0 spiro atoms. The number of nitrogens with zero attached hydrogens (tertiary/aromatic N) is 2. The summed E-state index contributed by atoms with van der Waals surface area (Å²) in [6, 6.07) is 9.51. The molecule has 1 N–H and O–H groups in total. The second-order valence-corrected chi connectivity index (χ2v) is 5.23. The van der Waals surface area contributed by atoms with Gasteiger partial charge in [0.1, 0.15) is 4.60 Å². The third kappa shape index (κ3) is 4.09. The zero-order valence-electron chi connectivity index (χ0n) is 11.2. The monoisotopic (exact) mass is 349 g/mol. The molecule has 0 saturated carbocycles.